The maximum atomic E-state index is 14.0. The normalized spacial score (nSPS) is 10.5. The van der Waals surface area contributed by atoms with Gasteiger partial charge in [0.2, 0.25) is 0 Å². The molecule has 0 fully saturated rings. The van der Waals surface area contributed by atoms with Gasteiger partial charge in [-0.2, -0.15) is 5.26 Å². The second kappa shape index (κ2) is 6.85. The summed E-state index contributed by atoms with van der Waals surface area (Å²) in [7, 11) is 1.73. The van der Waals surface area contributed by atoms with E-state index in [0.29, 0.717) is 34.4 Å². The zero-order valence-corrected chi connectivity index (χ0v) is 14.6. The monoisotopic (exact) mass is 347 g/mol. The van der Waals surface area contributed by atoms with Gasteiger partial charge in [0, 0.05) is 23.9 Å². The maximum absolute atomic E-state index is 14.0. The van der Waals surface area contributed by atoms with Crippen molar-refractivity contribution in [2.45, 2.75) is 13.3 Å². The molecule has 1 aromatic heterocycles. The van der Waals surface area contributed by atoms with Crippen molar-refractivity contribution in [3.63, 3.8) is 0 Å². The lowest BCUT2D eigenvalue weighted by Crippen LogP contribution is -2.17. The number of carbonyl (C=O) groups excluding carboxylic acids is 1. The quantitative estimate of drug-likeness (QED) is 0.774. The van der Waals surface area contributed by atoms with Crippen LogP contribution in [0.5, 0.6) is 0 Å². The molecular weight excluding hydrogens is 329 g/mol. The first kappa shape index (κ1) is 17.4. The second-order valence-electron chi connectivity index (χ2n) is 5.99. The number of carbonyl (C=O) groups is 1. The Balaban J connectivity index is 2.18. The van der Waals surface area contributed by atoms with Crippen LogP contribution in [0.15, 0.2) is 48.5 Å². The van der Waals surface area contributed by atoms with Crippen LogP contribution < -0.4 is 5.73 Å². The van der Waals surface area contributed by atoms with Crippen molar-refractivity contribution in [2.75, 3.05) is 0 Å². The fraction of sp³-hybridized carbons (Fsp3) is 0.143. The van der Waals surface area contributed by atoms with Crippen molar-refractivity contribution in [1.29, 1.82) is 5.26 Å². The summed E-state index contributed by atoms with van der Waals surface area (Å²) in [4.78, 5) is 12.0. The van der Waals surface area contributed by atoms with Gasteiger partial charge in [-0.15, -0.1) is 0 Å². The van der Waals surface area contributed by atoms with Crippen LogP contribution in [0.25, 0.3) is 22.3 Å². The molecule has 0 spiro atoms. The van der Waals surface area contributed by atoms with E-state index < -0.39 is 5.91 Å². The number of aromatic nitrogens is 1. The van der Waals surface area contributed by atoms with Gasteiger partial charge in [-0.3, -0.25) is 4.79 Å². The molecule has 130 valence electrons. The summed E-state index contributed by atoms with van der Waals surface area (Å²) >= 11 is 0. The Kier molecular flexibility index (Phi) is 4.59. The van der Waals surface area contributed by atoms with Crippen LogP contribution in [0.3, 0.4) is 0 Å². The van der Waals surface area contributed by atoms with Gasteiger partial charge in [-0.05, 0) is 23.6 Å². The number of halogens is 1. The third kappa shape index (κ3) is 2.76. The Hall–Kier alpha value is -3.39. The Morgan fingerprint density at radius 3 is 2.31 bits per heavy atom. The summed E-state index contributed by atoms with van der Waals surface area (Å²) in [5, 5.41) is 9.62. The highest BCUT2D eigenvalue weighted by Crippen LogP contribution is 2.34. The number of nitrogens with two attached hydrogens (primary N) is 1. The Bertz CT molecular complexity index is 1030. The molecule has 0 unspecified atom stereocenters. The van der Waals surface area contributed by atoms with Gasteiger partial charge in [0.05, 0.1) is 5.56 Å². The van der Waals surface area contributed by atoms with E-state index in [1.807, 2.05) is 6.92 Å². The highest BCUT2D eigenvalue weighted by molar-refractivity contribution is 6.01. The van der Waals surface area contributed by atoms with Crippen molar-refractivity contribution in [3.05, 3.63) is 71.3 Å². The molecule has 3 aromatic rings. The molecule has 0 atom stereocenters. The van der Waals surface area contributed by atoms with Crippen LogP contribution in [0, 0.1) is 17.1 Å². The number of rotatable bonds is 4. The number of nitrogens with zero attached hydrogens (tertiary/aromatic N) is 2. The molecule has 0 saturated heterocycles. The van der Waals surface area contributed by atoms with Gasteiger partial charge >= 0.3 is 0 Å². The summed E-state index contributed by atoms with van der Waals surface area (Å²) in [6.45, 7) is 1.92. The van der Waals surface area contributed by atoms with Crippen molar-refractivity contribution < 1.29 is 9.18 Å². The zero-order valence-electron chi connectivity index (χ0n) is 14.6. The molecule has 2 N–H and O–H groups in total. The fourth-order valence-electron chi connectivity index (χ4n) is 3.35. The molecule has 1 amide bonds. The average molecular weight is 347 g/mol. The summed E-state index contributed by atoms with van der Waals surface area (Å²) in [5.74, 6) is -0.888. The van der Waals surface area contributed by atoms with Crippen LogP contribution in [0.2, 0.25) is 0 Å². The first-order valence-corrected chi connectivity index (χ1v) is 8.26. The van der Waals surface area contributed by atoms with Crippen molar-refractivity contribution in [1.82, 2.24) is 4.57 Å². The zero-order chi connectivity index (χ0) is 18.8. The van der Waals surface area contributed by atoms with E-state index in [0.717, 1.165) is 11.3 Å². The van der Waals surface area contributed by atoms with Crippen LogP contribution in [0.4, 0.5) is 4.39 Å². The van der Waals surface area contributed by atoms with Crippen LogP contribution in [0.1, 0.15) is 28.7 Å². The lowest BCUT2D eigenvalue weighted by molar-refractivity contribution is 0.0993. The van der Waals surface area contributed by atoms with E-state index in [1.165, 1.54) is 6.07 Å². The SMILES string of the molecule is CCc1c(C#N)c(-c2ccc(-c3ccccc3F)cc2)c(C(N)=O)n1C. The minimum Gasteiger partial charge on any atom is -0.364 e. The summed E-state index contributed by atoms with van der Waals surface area (Å²) in [6, 6.07) is 15.8. The van der Waals surface area contributed by atoms with Gasteiger partial charge in [-0.1, -0.05) is 49.4 Å². The molecule has 0 bridgehead atoms. The Labute approximate surface area is 151 Å². The third-order valence-electron chi connectivity index (χ3n) is 4.55. The van der Waals surface area contributed by atoms with E-state index in [2.05, 4.69) is 6.07 Å². The molecule has 0 aliphatic rings. The Morgan fingerprint density at radius 1 is 1.15 bits per heavy atom. The van der Waals surface area contributed by atoms with Crippen LogP contribution in [-0.4, -0.2) is 10.5 Å². The van der Waals surface area contributed by atoms with Crippen molar-refractivity contribution in [2.24, 2.45) is 12.8 Å². The lowest BCUT2D eigenvalue weighted by atomic mass is 9.97. The highest BCUT2D eigenvalue weighted by atomic mass is 19.1. The van der Waals surface area contributed by atoms with E-state index >= 15 is 0 Å². The van der Waals surface area contributed by atoms with Crippen LogP contribution >= 0.6 is 0 Å². The second-order valence-corrected chi connectivity index (χ2v) is 5.99. The standard InChI is InChI=1S/C21H18FN3O/c1-3-18-16(12-23)19(20(21(24)26)25(18)2)14-10-8-13(9-11-14)15-6-4-5-7-17(15)22/h4-11H,3H2,1-2H3,(H2,24,26). The summed E-state index contributed by atoms with van der Waals surface area (Å²) in [6.07, 6.45) is 0.604. The van der Waals surface area contributed by atoms with Gasteiger partial charge in [-0.25, -0.2) is 4.39 Å². The minimum atomic E-state index is -0.586. The molecule has 1 heterocycles. The highest BCUT2D eigenvalue weighted by Gasteiger charge is 2.24. The molecule has 26 heavy (non-hydrogen) atoms. The third-order valence-corrected chi connectivity index (χ3v) is 4.55. The van der Waals surface area contributed by atoms with Gasteiger partial charge in [0.25, 0.3) is 5.91 Å². The minimum absolute atomic E-state index is 0.302. The van der Waals surface area contributed by atoms with E-state index in [9.17, 15) is 14.4 Å². The van der Waals surface area contributed by atoms with E-state index in [4.69, 9.17) is 5.73 Å². The van der Waals surface area contributed by atoms with E-state index in [1.54, 1.807) is 54.1 Å². The first-order valence-electron chi connectivity index (χ1n) is 8.26. The van der Waals surface area contributed by atoms with Gasteiger partial charge in [0.15, 0.2) is 0 Å². The Morgan fingerprint density at radius 2 is 1.77 bits per heavy atom. The van der Waals surface area contributed by atoms with Crippen LogP contribution in [-0.2, 0) is 13.5 Å². The molecule has 0 aliphatic heterocycles. The average Bonchev–Trinajstić information content (AvgIpc) is 2.94. The van der Waals surface area contributed by atoms with Crippen molar-refractivity contribution >= 4 is 5.91 Å². The summed E-state index contributed by atoms with van der Waals surface area (Å²) in [5.41, 5.74) is 9.52. The summed E-state index contributed by atoms with van der Waals surface area (Å²) < 4.78 is 15.7. The molecule has 3 rings (SSSR count). The smallest absolute Gasteiger partial charge is 0.266 e. The lowest BCUT2D eigenvalue weighted by Gasteiger charge is -2.07. The molecule has 0 aliphatic carbocycles. The largest absolute Gasteiger partial charge is 0.364 e. The first-order chi connectivity index (χ1) is 12.5. The van der Waals surface area contributed by atoms with E-state index in [-0.39, 0.29) is 5.82 Å². The number of benzene rings is 2. The molecule has 5 heteroatoms. The molecule has 0 saturated carbocycles. The number of amides is 1. The van der Waals surface area contributed by atoms with Gasteiger partial charge < -0.3 is 10.3 Å². The molecular formula is C21H18FN3O. The number of hydrogen-bond donors (Lipinski definition) is 1. The number of primary amides is 1. The predicted molar refractivity (Wildman–Crippen MR) is 98.9 cm³/mol. The fourth-order valence-corrected chi connectivity index (χ4v) is 3.35. The molecule has 4 nitrogen and oxygen atoms in total. The predicted octanol–water partition coefficient (Wildman–Crippen LogP) is 4.03. The number of hydrogen-bond acceptors (Lipinski definition) is 2. The molecule has 0 radical (unpaired) electrons. The topological polar surface area (TPSA) is 71.8 Å². The number of nitriles is 1. The van der Waals surface area contributed by atoms with Gasteiger partial charge in [0.1, 0.15) is 17.6 Å². The van der Waals surface area contributed by atoms with Crippen molar-refractivity contribution in [3.8, 4) is 28.3 Å². The maximum Gasteiger partial charge on any atom is 0.266 e. The molecule has 2 aromatic carbocycles.